The number of carbonyl (C=O) groups is 1. The molecule has 2 atom stereocenters. The molecule has 5 rings (SSSR count). The van der Waals surface area contributed by atoms with Gasteiger partial charge in [-0.05, 0) is 88.2 Å². The molecule has 0 fully saturated rings. The SMILES string of the molecule is Cc1cc(CC(=O)Nc2cnn(C(C)(C)C)c2)ccc1Oc1ccnc2ccc(S(=O)C(C)c3ccccn3)cc12. The number of anilines is 1. The molecule has 0 saturated carbocycles. The van der Waals surface area contributed by atoms with Crippen LogP contribution in [0.2, 0.25) is 0 Å². The Hall–Kier alpha value is -4.37. The highest BCUT2D eigenvalue weighted by Crippen LogP contribution is 2.33. The Bertz CT molecular complexity index is 1730. The zero-order valence-corrected chi connectivity index (χ0v) is 24.6. The summed E-state index contributed by atoms with van der Waals surface area (Å²) in [6.07, 6.45) is 7.12. The monoisotopic (exact) mass is 567 g/mol. The first kappa shape index (κ1) is 28.2. The number of hydrogen-bond donors (Lipinski definition) is 1. The highest BCUT2D eigenvalue weighted by Gasteiger charge is 2.19. The van der Waals surface area contributed by atoms with Gasteiger partial charge in [-0.15, -0.1) is 0 Å². The van der Waals surface area contributed by atoms with Crippen LogP contribution in [0.15, 0.2) is 90.3 Å². The van der Waals surface area contributed by atoms with Crippen LogP contribution in [-0.4, -0.2) is 29.9 Å². The predicted molar refractivity (Wildman–Crippen MR) is 162 cm³/mol. The maximum Gasteiger partial charge on any atom is 0.228 e. The Labute approximate surface area is 242 Å². The van der Waals surface area contributed by atoms with E-state index >= 15 is 0 Å². The Morgan fingerprint density at radius 3 is 2.56 bits per heavy atom. The molecule has 0 aliphatic carbocycles. The summed E-state index contributed by atoms with van der Waals surface area (Å²) in [5.41, 5.74) is 3.79. The Morgan fingerprint density at radius 1 is 1.02 bits per heavy atom. The summed E-state index contributed by atoms with van der Waals surface area (Å²) in [6.45, 7) is 10.0. The average Bonchev–Trinajstić information content (AvgIpc) is 3.43. The van der Waals surface area contributed by atoms with Crippen LogP contribution < -0.4 is 10.1 Å². The van der Waals surface area contributed by atoms with Crippen LogP contribution in [0.25, 0.3) is 10.9 Å². The van der Waals surface area contributed by atoms with Crippen LogP contribution in [0.4, 0.5) is 5.69 Å². The number of ether oxygens (including phenoxy) is 1. The van der Waals surface area contributed by atoms with E-state index in [4.69, 9.17) is 4.74 Å². The first-order chi connectivity index (χ1) is 19.6. The molecule has 3 aromatic heterocycles. The van der Waals surface area contributed by atoms with E-state index in [1.54, 1.807) is 24.7 Å². The summed E-state index contributed by atoms with van der Waals surface area (Å²) in [6, 6.07) is 18.7. The number of nitrogens with zero attached hydrogens (tertiary/aromatic N) is 4. The van der Waals surface area contributed by atoms with E-state index in [-0.39, 0.29) is 23.1 Å². The van der Waals surface area contributed by atoms with Crippen molar-refractivity contribution in [2.45, 2.75) is 56.7 Å². The Balaban J connectivity index is 1.31. The molecule has 210 valence electrons. The van der Waals surface area contributed by atoms with Crippen LogP contribution in [0, 0.1) is 6.92 Å². The lowest BCUT2D eigenvalue weighted by molar-refractivity contribution is -0.115. The second-order valence-corrected chi connectivity index (χ2v) is 12.7. The minimum absolute atomic E-state index is 0.118. The van der Waals surface area contributed by atoms with Crippen LogP contribution in [0.3, 0.4) is 0 Å². The number of fused-ring (bicyclic) bond motifs is 1. The summed E-state index contributed by atoms with van der Waals surface area (Å²) < 4.78 is 21.5. The second-order valence-electron chi connectivity index (χ2n) is 11.0. The van der Waals surface area contributed by atoms with Crippen molar-refractivity contribution in [3.05, 3.63) is 102 Å². The van der Waals surface area contributed by atoms with Crippen LogP contribution >= 0.6 is 0 Å². The second kappa shape index (κ2) is 11.6. The molecule has 41 heavy (non-hydrogen) atoms. The van der Waals surface area contributed by atoms with Gasteiger partial charge in [0.1, 0.15) is 11.5 Å². The first-order valence-corrected chi connectivity index (χ1v) is 14.6. The van der Waals surface area contributed by atoms with Crippen LogP contribution in [0.1, 0.15) is 49.8 Å². The number of amides is 1. The quantitative estimate of drug-likeness (QED) is 0.223. The predicted octanol–water partition coefficient (Wildman–Crippen LogP) is 6.73. The van der Waals surface area contributed by atoms with Gasteiger partial charge in [-0.3, -0.25) is 23.7 Å². The molecule has 0 saturated heterocycles. The van der Waals surface area contributed by atoms with E-state index in [2.05, 4.69) is 41.2 Å². The number of aromatic nitrogens is 4. The van der Waals surface area contributed by atoms with Gasteiger partial charge in [-0.2, -0.15) is 5.10 Å². The maximum absolute atomic E-state index is 13.4. The van der Waals surface area contributed by atoms with Crippen molar-refractivity contribution in [3.63, 3.8) is 0 Å². The fourth-order valence-electron chi connectivity index (χ4n) is 4.44. The molecule has 1 amide bonds. The highest BCUT2D eigenvalue weighted by atomic mass is 32.2. The Kier molecular flexibility index (Phi) is 7.99. The van der Waals surface area contributed by atoms with Crippen molar-refractivity contribution in [2.75, 3.05) is 5.32 Å². The molecule has 1 N–H and O–H groups in total. The van der Waals surface area contributed by atoms with Gasteiger partial charge in [0.2, 0.25) is 5.91 Å². The fourth-order valence-corrected chi connectivity index (χ4v) is 5.65. The van der Waals surface area contributed by atoms with Gasteiger partial charge in [0.25, 0.3) is 0 Å². The number of aryl methyl sites for hydroxylation is 1. The molecule has 2 unspecified atom stereocenters. The summed E-state index contributed by atoms with van der Waals surface area (Å²) in [7, 11) is -1.31. The van der Waals surface area contributed by atoms with Gasteiger partial charge in [0.05, 0.1) is 51.1 Å². The molecule has 0 bridgehead atoms. The van der Waals surface area contributed by atoms with Gasteiger partial charge < -0.3 is 10.1 Å². The van der Waals surface area contributed by atoms with Gasteiger partial charge in [0, 0.05) is 28.9 Å². The maximum atomic E-state index is 13.4. The van der Waals surface area contributed by atoms with Crippen molar-refractivity contribution in [2.24, 2.45) is 0 Å². The first-order valence-electron chi connectivity index (χ1n) is 13.4. The van der Waals surface area contributed by atoms with E-state index < -0.39 is 10.8 Å². The average molecular weight is 568 g/mol. The number of benzene rings is 2. The normalized spacial score (nSPS) is 13.1. The van der Waals surface area contributed by atoms with Crippen molar-refractivity contribution in [3.8, 4) is 11.5 Å². The van der Waals surface area contributed by atoms with E-state index in [9.17, 15) is 9.00 Å². The summed E-state index contributed by atoms with van der Waals surface area (Å²) in [4.78, 5) is 22.2. The van der Waals surface area contributed by atoms with Gasteiger partial charge >= 0.3 is 0 Å². The lowest BCUT2D eigenvalue weighted by Crippen LogP contribution is -2.22. The standard InChI is InChI=1S/C32H33N5O3S/c1-21-16-23(17-31(38)36-24-19-35-37(20-24)32(3,4)5)9-12-29(21)40-30-13-15-34-28-11-10-25(18-26(28)30)41(39)22(2)27-8-6-7-14-33-27/h6-16,18-20,22H,17H2,1-5H3,(H,36,38). The number of pyridine rings is 2. The Morgan fingerprint density at radius 2 is 1.85 bits per heavy atom. The number of carbonyl (C=O) groups excluding carboxylic acids is 1. The molecule has 2 aromatic carbocycles. The largest absolute Gasteiger partial charge is 0.456 e. The molecule has 3 heterocycles. The molecule has 8 nitrogen and oxygen atoms in total. The fraction of sp³-hybridized carbons (Fsp3) is 0.250. The van der Waals surface area contributed by atoms with Gasteiger partial charge in [-0.1, -0.05) is 18.2 Å². The van der Waals surface area contributed by atoms with Gasteiger partial charge in [-0.25, -0.2) is 0 Å². The van der Waals surface area contributed by atoms with Gasteiger partial charge in [0.15, 0.2) is 0 Å². The van der Waals surface area contributed by atoms with Crippen molar-refractivity contribution in [1.29, 1.82) is 0 Å². The topological polar surface area (TPSA) is 99.0 Å². The van der Waals surface area contributed by atoms with Crippen molar-refractivity contribution in [1.82, 2.24) is 19.7 Å². The van der Waals surface area contributed by atoms with E-state index in [1.807, 2.05) is 79.3 Å². The van der Waals surface area contributed by atoms with Crippen molar-refractivity contribution >= 4 is 33.3 Å². The summed E-state index contributed by atoms with van der Waals surface area (Å²) >= 11 is 0. The molecular weight excluding hydrogens is 534 g/mol. The summed E-state index contributed by atoms with van der Waals surface area (Å²) in [5, 5.41) is 7.75. The molecule has 0 aliphatic rings. The number of hydrogen-bond acceptors (Lipinski definition) is 6. The molecule has 9 heteroatoms. The van der Waals surface area contributed by atoms with Crippen LogP contribution in [-0.2, 0) is 27.6 Å². The zero-order valence-electron chi connectivity index (χ0n) is 23.8. The van der Waals surface area contributed by atoms with E-state index in [0.717, 1.165) is 27.7 Å². The van der Waals surface area contributed by atoms with Crippen LogP contribution in [0.5, 0.6) is 11.5 Å². The summed E-state index contributed by atoms with van der Waals surface area (Å²) in [5.74, 6) is 1.16. The smallest absolute Gasteiger partial charge is 0.228 e. The lowest BCUT2D eigenvalue weighted by Gasteiger charge is -2.18. The molecule has 5 aromatic rings. The minimum Gasteiger partial charge on any atom is -0.456 e. The lowest BCUT2D eigenvalue weighted by atomic mass is 10.1. The third-order valence-electron chi connectivity index (χ3n) is 6.71. The minimum atomic E-state index is -1.31. The highest BCUT2D eigenvalue weighted by molar-refractivity contribution is 7.85. The number of nitrogens with one attached hydrogen (secondary N) is 1. The van der Waals surface area contributed by atoms with Crippen molar-refractivity contribution < 1.29 is 13.7 Å². The molecule has 0 radical (unpaired) electrons. The third-order valence-corrected chi connectivity index (χ3v) is 8.31. The van der Waals surface area contributed by atoms with E-state index in [1.165, 1.54) is 0 Å². The molecule has 0 aliphatic heterocycles. The number of rotatable bonds is 8. The zero-order chi connectivity index (χ0) is 29.1. The molecule has 0 spiro atoms. The molecular formula is C32H33N5O3S. The third kappa shape index (κ3) is 6.52. The van der Waals surface area contributed by atoms with E-state index in [0.29, 0.717) is 22.1 Å².